The Labute approximate surface area is 98.4 Å². The molecule has 19 valence electrons. The zero-order chi connectivity index (χ0) is 2.00. The van der Waals surface area contributed by atoms with E-state index in [2.05, 4.69) is 0 Å². The molecular formula is H2CrLaOSr. The van der Waals surface area contributed by atoms with Crippen LogP contribution < -0.4 is 0 Å². The van der Waals surface area contributed by atoms with Crippen LogP contribution in [0, 0.1) is 35.6 Å². The molecule has 1 radical (unpaired) electrons. The van der Waals surface area contributed by atoms with Gasteiger partial charge < -0.3 is 0 Å². The summed E-state index contributed by atoms with van der Waals surface area (Å²) < 4.78 is 8.12. The minimum atomic E-state index is 0. The molecular weight excluding hydrogens is 295 g/mol. The molecule has 0 aliphatic heterocycles. The van der Waals surface area contributed by atoms with Crippen LogP contribution in [0.25, 0.3) is 0 Å². The predicted octanol–water partition coefficient (Wildman–Crippen LogP) is -1.04. The van der Waals surface area contributed by atoms with E-state index in [1.165, 1.54) is 16.2 Å². The summed E-state index contributed by atoms with van der Waals surface area (Å²) in [6.07, 6.45) is 0. The summed E-state index contributed by atoms with van der Waals surface area (Å²) >= 11 is 1.38. The van der Waals surface area contributed by atoms with E-state index < -0.39 is 0 Å². The first-order chi connectivity index (χ1) is 1.00. The Kier molecular flexibility index (Phi) is 65.6. The van der Waals surface area contributed by atoms with Crippen molar-refractivity contribution in [1.29, 1.82) is 0 Å². The van der Waals surface area contributed by atoms with Crippen LogP contribution in [0.3, 0.4) is 0 Å². The normalized spacial score (nSPS) is 1.00. The molecule has 0 heterocycles. The van der Waals surface area contributed by atoms with Gasteiger partial charge in [-0.05, 0) is 0 Å². The second-order valence-corrected chi connectivity index (χ2v) is 0. The first kappa shape index (κ1) is 15.7. The van der Waals surface area contributed by atoms with Crippen molar-refractivity contribution in [2.24, 2.45) is 0 Å². The van der Waals surface area contributed by atoms with Crippen LogP contribution >= 0.6 is 0 Å². The third-order valence-electron chi connectivity index (χ3n) is 0. The van der Waals surface area contributed by atoms with E-state index in [1.54, 1.807) is 0 Å². The molecule has 0 spiro atoms. The van der Waals surface area contributed by atoms with Gasteiger partial charge in [0.05, 0.1) is 0 Å². The van der Waals surface area contributed by atoms with Crippen molar-refractivity contribution < 1.29 is 55.6 Å². The Morgan fingerprint density at radius 3 is 1.25 bits per heavy atom. The molecule has 0 bridgehead atoms. The topological polar surface area (TPSA) is 17.1 Å². The van der Waals surface area contributed by atoms with Gasteiger partial charge in [-0.2, -0.15) is 0 Å². The number of hydrogen-bond acceptors (Lipinski definition) is 1. The zero-order valence-electron chi connectivity index (χ0n) is 1.39. The van der Waals surface area contributed by atoms with Gasteiger partial charge in [0.2, 0.25) is 0 Å². The van der Waals surface area contributed by atoms with E-state index in [0.717, 1.165) is 0 Å². The Hall–Kier alpha value is 3.01. The summed E-state index contributed by atoms with van der Waals surface area (Å²) in [6.45, 7) is 0. The van der Waals surface area contributed by atoms with E-state index in [9.17, 15) is 0 Å². The molecule has 0 unspecified atom stereocenters. The van der Waals surface area contributed by atoms with Crippen molar-refractivity contribution in [1.82, 2.24) is 0 Å². The molecule has 4 heteroatoms. The zero-order valence-corrected chi connectivity index (χ0v) is 6.29. The van der Waals surface area contributed by atoms with Crippen LogP contribution in [0.2, 0.25) is 0 Å². The van der Waals surface area contributed by atoms with Gasteiger partial charge in [-0.1, -0.05) is 0 Å². The average molecular weight is 297 g/mol. The van der Waals surface area contributed by atoms with Crippen molar-refractivity contribution in [2.45, 2.75) is 0 Å². The number of hydrogen-bond donors (Lipinski definition) is 0. The molecule has 0 saturated carbocycles. The van der Waals surface area contributed by atoms with Crippen molar-refractivity contribution >= 4 is 45.5 Å². The SMILES string of the molecule is [La].[O]=[Cr].[SrH2]. The Morgan fingerprint density at radius 1 is 1.25 bits per heavy atom. The van der Waals surface area contributed by atoms with E-state index in [0.29, 0.717) is 0 Å². The molecule has 0 saturated heterocycles. The summed E-state index contributed by atoms with van der Waals surface area (Å²) in [4.78, 5) is 0. The first-order valence-electron chi connectivity index (χ1n) is 0.167. The van der Waals surface area contributed by atoms with Gasteiger partial charge in [0.15, 0.2) is 0 Å². The molecule has 0 aromatic carbocycles. The maximum atomic E-state index is 8.12. The second-order valence-electron chi connectivity index (χ2n) is 0. The van der Waals surface area contributed by atoms with Crippen LogP contribution in [-0.2, 0) is 20.0 Å². The average Bonchev–Trinajstić information content (AvgIpc) is 1.00. The summed E-state index contributed by atoms with van der Waals surface area (Å²) in [7, 11) is 0. The molecule has 0 N–H and O–H groups in total. The van der Waals surface area contributed by atoms with Gasteiger partial charge in [-0.15, -0.1) is 0 Å². The quantitative estimate of drug-likeness (QED) is 0.522. The van der Waals surface area contributed by atoms with E-state index in [-0.39, 0.29) is 81.1 Å². The Bertz CT molecular complexity index is 8.00. The van der Waals surface area contributed by atoms with Crippen LogP contribution in [0.1, 0.15) is 0 Å². The summed E-state index contributed by atoms with van der Waals surface area (Å²) in [5, 5.41) is 0. The summed E-state index contributed by atoms with van der Waals surface area (Å²) in [5.41, 5.74) is 0. The molecule has 4 heavy (non-hydrogen) atoms. The van der Waals surface area contributed by atoms with Crippen molar-refractivity contribution in [2.75, 3.05) is 0 Å². The van der Waals surface area contributed by atoms with Crippen LogP contribution in [0.4, 0.5) is 0 Å². The summed E-state index contributed by atoms with van der Waals surface area (Å²) in [6, 6.07) is 0. The number of rotatable bonds is 0. The fourth-order valence-electron chi connectivity index (χ4n) is 0. The monoisotopic (exact) mass is 297 g/mol. The van der Waals surface area contributed by atoms with Gasteiger partial charge in [0.1, 0.15) is 0 Å². The third kappa shape index (κ3) is 8.89. The third-order valence-corrected chi connectivity index (χ3v) is 0. The van der Waals surface area contributed by atoms with Gasteiger partial charge in [-0.3, -0.25) is 0 Å². The first-order valence-corrected chi connectivity index (χ1v) is 0.687. The molecule has 0 amide bonds. The summed E-state index contributed by atoms with van der Waals surface area (Å²) in [5.74, 6) is 0. The van der Waals surface area contributed by atoms with Gasteiger partial charge in [0, 0.05) is 35.6 Å². The van der Waals surface area contributed by atoms with E-state index in [4.69, 9.17) is 3.80 Å². The van der Waals surface area contributed by atoms with Crippen molar-refractivity contribution in [3.05, 3.63) is 0 Å². The molecule has 0 aromatic rings. The fourth-order valence-corrected chi connectivity index (χ4v) is 0. The fraction of sp³-hybridized carbons (Fsp3) is 0. The Morgan fingerprint density at radius 2 is 1.25 bits per heavy atom. The molecule has 0 aromatic heterocycles. The van der Waals surface area contributed by atoms with E-state index >= 15 is 0 Å². The van der Waals surface area contributed by atoms with Crippen LogP contribution in [-0.4, -0.2) is 45.5 Å². The predicted molar refractivity (Wildman–Crippen MR) is 9.23 cm³/mol. The molecule has 1 nitrogen and oxygen atoms in total. The Balaban J connectivity index is -0.00000000500. The van der Waals surface area contributed by atoms with E-state index in [1.807, 2.05) is 0 Å². The van der Waals surface area contributed by atoms with Crippen molar-refractivity contribution in [3.63, 3.8) is 0 Å². The van der Waals surface area contributed by atoms with Crippen molar-refractivity contribution in [3.8, 4) is 0 Å². The molecule has 0 aliphatic rings. The van der Waals surface area contributed by atoms with Crippen LogP contribution in [0.5, 0.6) is 0 Å². The van der Waals surface area contributed by atoms with Gasteiger partial charge in [0.25, 0.3) is 0 Å². The molecule has 0 fully saturated rings. The second kappa shape index (κ2) is 16.7. The van der Waals surface area contributed by atoms with Gasteiger partial charge in [-0.25, -0.2) is 0 Å². The maximum absolute atomic E-state index is 8.12. The molecule has 0 aliphatic carbocycles. The minimum absolute atomic E-state index is 0. The molecule has 0 rings (SSSR count). The molecule has 0 atom stereocenters. The van der Waals surface area contributed by atoms with Gasteiger partial charge >= 0.3 is 65.5 Å². The van der Waals surface area contributed by atoms with Crippen LogP contribution in [0.15, 0.2) is 0 Å². The standard InChI is InChI=1S/Cr.La.O.Sr.2H.